The van der Waals surface area contributed by atoms with E-state index in [2.05, 4.69) is 20.7 Å². The van der Waals surface area contributed by atoms with Crippen LogP contribution < -0.4 is 10.5 Å². The molecule has 0 aliphatic carbocycles. The number of carbonyl (C=O) groups is 1. The Kier molecular flexibility index (Phi) is 6.83. The Morgan fingerprint density at radius 2 is 2.21 bits per heavy atom. The van der Waals surface area contributed by atoms with E-state index in [1.165, 1.54) is 7.11 Å². The second-order valence-electron chi connectivity index (χ2n) is 3.81. The van der Waals surface area contributed by atoms with Gasteiger partial charge < -0.3 is 19.9 Å². The lowest BCUT2D eigenvalue weighted by atomic mass is 10.1. The van der Waals surface area contributed by atoms with Gasteiger partial charge in [-0.1, -0.05) is 15.9 Å². The minimum absolute atomic E-state index is 0.109. The van der Waals surface area contributed by atoms with Gasteiger partial charge in [-0.15, -0.1) is 0 Å². The summed E-state index contributed by atoms with van der Waals surface area (Å²) < 4.78 is 16.1. The third-order valence-corrected chi connectivity index (χ3v) is 2.91. The minimum atomic E-state index is -0.425. The zero-order valence-electron chi connectivity index (χ0n) is 11.0. The highest BCUT2D eigenvalue weighted by atomic mass is 79.9. The van der Waals surface area contributed by atoms with Crippen molar-refractivity contribution in [1.82, 2.24) is 0 Å². The molecule has 0 saturated heterocycles. The van der Waals surface area contributed by atoms with Crippen LogP contribution in [-0.4, -0.2) is 32.9 Å². The molecule has 106 valence electrons. The third-order valence-electron chi connectivity index (χ3n) is 2.42. The SMILES string of the molecule is CCOc1ccc(Br)cc1C(N)COCC(=O)OC. The first kappa shape index (κ1) is 15.9. The fraction of sp³-hybridized carbons (Fsp3) is 0.462. The summed E-state index contributed by atoms with van der Waals surface area (Å²) in [5.74, 6) is 0.298. The number of esters is 1. The van der Waals surface area contributed by atoms with Crippen LogP contribution in [0.4, 0.5) is 0 Å². The summed E-state index contributed by atoms with van der Waals surface area (Å²) >= 11 is 3.39. The standard InChI is InChI=1S/C13H18BrNO4/c1-3-19-12-5-4-9(14)6-10(12)11(15)7-18-8-13(16)17-2/h4-6,11H,3,7-8,15H2,1-2H3. The van der Waals surface area contributed by atoms with E-state index in [9.17, 15) is 4.79 Å². The molecule has 1 aromatic carbocycles. The van der Waals surface area contributed by atoms with Crippen molar-refractivity contribution in [2.75, 3.05) is 26.9 Å². The van der Waals surface area contributed by atoms with Gasteiger partial charge in [-0.3, -0.25) is 0 Å². The van der Waals surface area contributed by atoms with Crippen LogP contribution in [0, 0.1) is 0 Å². The molecular weight excluding hydrogens is 314 g/mol. The Morgan fingerprint density at radius 3 is 2.84 bits per heavy atom. The molecule has 5 nitrogen and oxygen atoms in total. The lowest BCUT2D eigenvalue weighted by Gasteiger charge is -2.17. The van der Waals surface area contributed by atoms with Gasteiger partial charge in [0.1, 0.15) is 12.4 Å². The Balaban J connectivity index is 2.66. The summed E-state index contributed by atoms with van der Waals surface area (Å²) in [5, 5.41) is 0. The highest BCUT2D eigenvalue weighted by Gasteiger charge is 2.14. The number of carbonyl (C=O) groups excluding carboxylic acids is 1. The first-order valence-corrected chi connectivity index (χ1v) is 6.70. The number of hydrogen-bond acceptors (Lipinski definition) is 5. The molecule has 0 spiro atoms. The van der Waals surface area contributed by atoms with E-state index in [1.54, 1.807) is 0 Å². The maximum Gasteiger partial charge on any atom is 0.331 e. The minimum Gasteiger partial charge on any atom is -0.494 e. The average molecular weight is 332 g/mol. The fourth-order valence-electron chi connectivity index (χ4n) is 1.51. The Morgan fingerprint density at radius 1 is 1.47 bits per heavy atom. The van der Waals surface area contributed by atoms with Crippen LogP contribution in [-0.2, 0) is 14.3 Å². The van der Waals surface area contributed by atoms with E-state index in [0.29, 0.717) is 6.61 Å². The van der Waals surface area contributed by atoms with Crippen LogP contribution in [0.15, 0.2) is 22.7 Å². The van der Waals surface area contributed by atoms with Crippen LogP contribution >= 0.6 is 15.9 Å². The highest BCUT2D eigenvalue weighted by molar-refractivity contribution is 9.10. The second kappa shape index (κ2) is 8.14. The number of ether oxygens (including phenoxy) is 3. The summed E-state index contributed by atoms with van der Waals surface area (Å²) in [6.07, 6.45) is 0. The second-order valence-corrected chi connectivity index (χ2v) is 4.73. The van der Waals surface area contributed by atoms with Gasteiger partial charge in [0.2, 0.25) is 0 Å². The topological polar surface area (TPSA) is 70.8 Å². The quantitative estimate of drug-likeness (QED) is 0.774. The molecule has 0 amide bonds. The molecule has 2 N–H and O–H groups in total. The number of halogens is 1. The molecule has 0 aliphatic rings. The summed E-state index contributed by atoms with van der Waals surface area (Å²) in [6, 6.07) is 5.25. The number of methoxy groups -OCH3 is 1. The summed E-state index contributed by atoms with van der Waals surface area (Å²) in [7, 11) is 1.31. The number of benzene rings is 1. The average Bonchev–Trinajstić information content (AvgIpc) is 2.40. The van der Waals surface area contributed by atoms with Gasteiger partial charge in [0, 0.05) is 10.0 Å². The molecule has 0 heterocycles. The predicted octanol–water partition coefficient (Wildman–Crippen LogP) is 2.04. The van der Waals surface area contributed by atoms with Crippen LogP contribution in [0.1, 0.15) is 18.5 Å². The van der Waals surface area contributed by atoms with E-state index in [4.69, 9.17) is 15.2 Å². The molecule has 1 unspecified atom stereocenters. The number of rotatable bonds is 7. The monoisotopic (exact) mass is 331 g/mol. The lowest BCUT2D eigenvalue weighted by molar-refractivity contribution is -0.146. The number of hydrogen-bond donors (Lipinski definition) is 1. The van der Waals surface area contributed by atoms with Crippen LogP contribution in [0.2, 0.25) is 0 Å². The number of nitrogens with two attached hydrogens (primary N) is 1. The summed E-state index contributed by atoms with van der Waals surface area (Å²) in [6.45, 7) is 2.57. The van der Waals surface area contributed by atoms with E-state index in [0.717, 1.165) is 15.8 Å². The van der Waals surface area contributed by atoms with Crippen molar-refractivity contribution in [1.29, 1.82) is 0 Å². The van der Waals surface area contributed by atoms with Crippen LogP contribution in [0.5, 0.6) is 5.75 Å². The molecular formula is C13H18BrNO4. The van der Waals surface area contributed by atoms with Gasteiger partial charge in [0.25, 0.3) is 0 Å². The van der Waals surface area contributed by atoms with Crippen LogP contribution in [0.3, 0.4) is 0 Å². The fourth-order valence-corrected chi connectivity index (χ4v) is 1.89. The molecule has 1 aromatic rings. The zero-order chi connectivity index (χ0) is 14.3. The molecule has 0 saturated carbocycles. The Labute approximate surface area is 121 Å². The third kappa shape index (κ3) is 5.18. The molecule has 6 heteroatoms. The largest absolute Gasteiger partial charge is 0.494 e. The molecule has 0 fully saturated rings. The first-order valence-electron chi connectivity index (χ1n) is 5.90. The Hall–Kier alpha value is -1.11. The van der Waals surface area contributed by atoms with Gasteiger partial charge in [-0.2, -0.15) is 0 Å². The van der Waals surface area contributed by atoms with E-state index >= 15 is 0 Å². The van der Waals surface area contributed by atoms with Gasteiger partial charge in [0.15, 0.2) is 0 Å². The van der Waals surface area contributed by atoms with Crippen LogP contribution in [0.25, 0.3) is 0 Å². The van der Waals surface area contributed by atoms with Gasteiger partial charge >= 0.3 is 5.97 Å². The molecule has 0 aromatic heterocycles. The highest BCUT2D eigenvalue weighted by Crippen LogP contribution is 2.27. The molecule has 1 rings (SSSR count). The molecule has 0 bridgehead atoms. The molecule has 19 heavy (non-hydrogen) atoms. The van der Waals surface area contributed by atoms with Crippen molar-refractivity contribution < 1.29 is 19.0 Å². The van der Waals surface area contributed by atoms with E-state index in [-0.39, 0.29) is 19.3 Å². The predicted molar refractivity (Wildman–Crippen MR) is 75.1 cm³/mol. The van der Waals surface area contributed by atoms with Crippen molar-refractivity contribution >= 4 is 21.9 Å². The molecule has 1 atom stereocenters. The van der Waals surface area contributed by atoms with Gasteiger partial charge in [-0.25, -0.2) is 4.79 Å². The van der Waals surface area contributed by atoms with Gasteiger partial charge in [-0.05, 0) is 25.1 Å². The van der Waals surface area contributed by atoms with Crippen molar-refractivity contribution in [3.05, 3.63) is 28.2 Å². The summed E-state index contributed by atoms with van der Waals surface area (Å²) in [4.78, 5) is 10.9. The van der Waals surface area contributed by atoms with Crippen molar-refractivity contribution in [3.63, 3.8) is 0 Å². The maximum absolute atomic E-state index is 10.9. The normalized spacial score (nSPS) is 12.0. The van der Waals surface area contributed by atoms with Crippen molar-refractivity contribution in [2.45, 2.75) is 13.0 Å². The zero-order valence-corrected chi connectivity index (χ0v) is 12.6. The van der Waals surface area contributed by atoms with Gasteiger partial charge in [0.05, 0.1) is 26.4 Å². The first-order chi connectivity index (χ1) is 9.08. The van der Waals surface area contributed by atoms with Crippen molar-refractivity contribution in [2.24, 2.45) is 5.73 Å². The smallest absolute Gasteiger partial charge is 0.331 e. The molecule has 0 aliphatic heterocycles. The molecule has 0 radical (unpaired) electrons. The lowest BCUT2D eigenvalue weighted by Crippen LogP contribution is -2.21. The summed E-state index contributed by atoms with van der Waals surface area (Å²) in [5.41, 5.74) is 6.88. The Bertz CT molecular complexity index is 425. The van der Waals surface area contributed by atoms with Crippen molar-refractivity contribution in [3.8, 4) is 5.75 Å². The van der Waals surface area contributed by atoms with E-state index in [1.807, 2.05) is 25.1 Å². The maximum atomic E-state index is 10.9. The van der Waals surface area contributed by atoms with E-state index < -0.39 is 5.97 Å².